The summed E-state index contributed by atoms with van der Waals surface area (Å²) < 4.78 is 3.12. The van der Waals surface area contributed by atoms with Crippen molar-refractivity contribution in [1.29, 1.82) is 0 Å². The topological polar surface area (TPSA) is 81.3 Å². The van der Waals surface area contributed by atoms with Crippen molar-refractivity contribution in [3.8, 4) is 0 Å². The largest absolute Gasteiger partial charge is 0.319 e. The molecule has 0 aliphatic rings. The molecule has 0 saturated carbocycles. The molecule has 1 N–H and O–H groups in total. The van der Waals surface area contributed by atoms with Gasteiger partial charge in [0, 0.05) is 10.7 Å². The van der Waals surface area contributed by atoms with Gasteiger partial charge in [-0.05, 0) is 60.9 Å². The number of amides is 1. The van der Waals surface area contributed by atoms with Crippen LogP contribution in [0.3, 0.4) is 0 Å². The number of carbonyl (C=O) groups is 1. The third kappa shape index (κ3) is 3.87. The summed E-state index contributed by atoms with van der Waals surface area (Å²) in [5.41, 5.74) is 4.62. The van der Waals surface area contributed by atoms with E-state index in [1.165, 1.54) is 4.52 Å². The Morgan fingerprint density at radius 2 is 1.79 bits per heavy atom. The van der Waals surface area contributed by atoms with E-state index in [1.54, 1.807) is 22.8 Å². The summed E-state index contributed by atoms with van der Waals surface area (Å²) in [4.78, 5) is 30.7. The highest BCUT2D eigenvalue weighted by molar-refractivity contribution is 6.30. The summed E-state index contributed by atoms with van der Waals surface area (Å²) in [6.07, 6.45) is 0. The Kier molecular flexibility index (Phi) is 5.18. The number of benzene rings is 3. The normalized spacial score (nSPS) is 11.2. The van der Waals surface area contributed by atoms with Crippen LogP contribution >= 0.6 is 11.6 Å². The van der Waals surface area contributed by atoms with Gasteiger partial charge < -0.3 is 5.32 Å². The van der Waals surface area contributed by atoms with Crippen LogP contribution in [0.4, 0.5) is 5.69 Å². The Hall–Kier alpha value is -3.97. The standard InChI is InChI=1S/C25H20ClN5O2/c1-15-8-11-20-21(12-15)30(14-17-6-4-3-5-7-17)25(33)23-28-22(29-31(20)23)24(32)27-19-10-9-18(26)13-16(19)2/h3-13H,14H2,1-2H3,(H,27,32). The van der Waals surface area contributed by atoms with Crippen molar-refractivity contribution in [1.82, 2.24) is 19.2 Å². The van der Waals surface area contributed by atoms with Crippen LogP contribution in [-0.4, -0.2) is 25.1 Å². The average molecular weight is 458 g/mol. The molecule has 7 nitrogen and oxygen atoms in total. The van der Waals surface area contributed by atoms with E-state index in [-0.39, 0.29) is 17.0 Å². The Labute approximate surface area is 194 Å². The van der Waals surface area contributed by atoms with E-state index in [9.17, 15) is 9.59 Å². The molecule has 2 heterocycles. The second kappa shape index (κ2) is 8.18. The summed E-state index contributed by atoms with van der Waals surface area (Å²) in [6.45, 7) is 4.20. The van der Waals surface area contributed by atoms with E-state index in [2.05, 4.69) is 15.4 Å². The number of hydrogen-bond donors (Lipinski definition) is 1. The van der Waals surface area contributed by atoms with Crippen LogP contribution in [0.5, 0.6) is 0 Å². The SMILES string of the molecule is Cc1ccc2c(c1)n(Cc1ccccc1)c(=O)c1nc(C(=O)Nc3ccc(Cl)cc3C)nn12. The fourth-order valence-electron chi connectivity index (χ4n) is 3.84. The van der Waals surface area contributed by atoms with Crippen LogP contribution in [0, 0.1) is 13.8 Å². The second-order valence-corrected chi connectivity index (χ2v) is 8.39. The molecular formula is C25H20ClN5O2. The number of anilines is 1. The highest BCUT2D eigenvalue weighted by atomic mass is 35.5. The number of nitrogens with one attached hydrogen (secondary N) is 1. The maximum atomic E-state index is 13.4. The number of halogens is 1. The van der Waals surface area contributed by atoms with Gasteiger partial charge in [-0.1, -0.05) is 48.0 Å². The van der Waals surface area contributed by atoms with E-state index in [4.69, 9.17) is 11.6 Å². The number of hydrogen-bond acceptors (Lipinski definition) is 4. The first kappa shape index (κ1) is 20.9. The summed E-state index contributed by atoms with van der Waals surface area (Å²) in [5, 5.41) is 7.76. The van der Waals surface area contributed by atoms with Gasteiger partial charge in [0.2, 0.25) is 11.5 Å². The van der Waals surface area contributed by atoms with Gasteiger partial charge >= 0.3 is 0 Å². The maximum absolute atomic E-state index is 13.4. The van der Waals surface area contributed by atoms with Crippen LogP contribution in [0.15, 0.2) is 71.5 Å². The Bertz CT molecular complexity index is 1590. The number of fused-ring (bicyclic) bond motifs is 3. The summed E-state index contributed by atoms with van der Waals surface area (Å²) in [6, 6.07) is 20.7. The van der Waals surface area contributed by atoms with Gasteiger partial charge in [0.15, 0.2) is 0 Å². The lowest BCUT2D eigenvalue weighted by Gasteiger charge is -2.12. The average Bonchev–Trinajstić information content (AvgIpc) is 3.25. The van der Waals surface area contributed by atoms with Crippen LogP contribution in [0.25, 0.3) is 16.7 Å². The number of aromatic nitrogens is 4. The molecule has 0 aliphatic carbocycles. The minimum absolute atomic E-state index is 0.0826. The fraction of sp³-hybridized carbons (Fsp3) is 0.120. The molecule has 164 valence electrons. The molecule has 0 bridgehead atoms. The summed E-state index contributed by atoms with van der Waals surface area (Å²) in [5.74, 6) is -0.584. The minimum Gasteiger partial charge on any atom is -0.319 e. The van der Waals surface area contributed by atoms with Crippen LogP contribution in [0.1, 0.15) is 27.3 Å². The van der Waals surface area contributed by atoms with Crippen molar-refractivity contribution in [3.63, 3.8) is 0 Å². The van der Waals surface area contributed by atoms with Gasteiger partial charge in [0.1, 0.15) is 0 Å². The Morgan fingerprint density at radius 3 is 2.55 bits per heavy atom. The molecule has 0 aliphatic heterocycles. The molecule has 0 saturated heterocycles. The van der Waals surface area contributed by atoms with E-state index in [0.717, 1.165) is 22.2 Å². The first-order valence-corrected chi connectivity index (χ1v) is 10.8. The predicted octanol–water partition coefficient (Wildman–Crippen LogP) is 4.62. The number of nitrogens with zero attached hydrogens (tertiary/aromatic N) is 4. The van der Waals surface area contributed by atoms with Gasteiger partial charge in [0.25, 0.3) is 11.5 Å². The Morgan fingerprint density at radius 1 is 1.00 bits per heavy atom. The van der Waals surface area contributed by atoms with Crippen molar-refractivity contribution in [3.05, 3.63) is 105 Å². The lowest BCUT2D eigenvalue weighted by molar-refractivity contribution is 0.101. The molecule has 5 rings (SSSR count). The third-order valence-corrected chi connectivity index (χ3v) is 5.75. The van der Waals surface area contributed by atoms with E-state index in [0.29, 0.717) is 22.8 Å². The van der Waals surface area contributed by atoms with Gasteiger partial charge in [-0.3, -0.25) is 14.2 Å². The minimum atomic E-state index is -0.501. The molecule has 0 fully saturated rings. The van der Waals surface area contributed by atoms with Crippen molar-refractivity contribution < 1.29 is 4.79 Å². The molecule has 1 amide bonds. The molecule has 2 aromatic heterocycles. The second-order valence-electron chi connectivity index (χ2n) is 7.95. The fourth-order valence-corrected chi connectivity index (χ4v) is 4.07. The van der Waals surface area contributed by atoms with Crippen molar-refractivity contribution >= 4 is 39.9 Å². The molecule has 0 unspecified atom stereocenters. The van der Waals surface area contributed by atoms with Gasteiger partial charge in [-0.15, -0.1) is 5.10 Å². The maximum Gasteiger partial charge on any atom is 0.296 e. The lowest BCUT2D eigenvalue weighted by atomic mass is 10.2. The summed E-state index contributed by atoms with van der Waals surface area (Å²) >= 11 is 6.00. The molecule has 33 heavy (non-hydrogen) atoms. The van der Waals surface area contributed by atoms with E-state index in [1.807, 2.05) is 62.4 Å². The number of aryl methyl sites for hydroxylation is 2. The third-order valence-electron chi connectivity index (χ3n) is 5.52. The summed E-state index contributed by atoms with van der Waals surface area (Å²) in [7, 11) is 0. The molecule has 5 aromatic rings. The van der Waals surface area contributed by atoms with Gasteiger partial charge in [-0.2, -0.15) is 4.98 Å². The number of rotatable bonds is 4. The van der Waals surface area contributed by atoms with Crippen LogP contribution in [-0.2, 0) is 6.54 Å². The van der Waals surface area contributed by atoms with E-state index < -0.39 is 5.91 Å². The molecule has 8 heteroatoms. The lowest BCUT2D eigenvalue weighted by Crippen LogP contribution is -2.24. The monoisotopic (exact) mass is 457 g/mol. The zero-order chi connectivity index (χ0) is 23.1. The van der Waals surface area contributed by atoms with Crippen molar-refractivity contribution in [2.75, 3.05) is 5.32 Å². The van der Waals surface area contributed by atoms with Crippen LogP contribution in [0.2, 0.25) is 5.02 Å². The molecule has 3 aromatic carbocycles. The zero-order valence-corrected chi connectivity index (χ0v) is 18.8. The quantitative estimate of drug-likeness (QED) is 0.427. The first-order chi connectivity index (χ1) is 15.9. The predicted molar refractivity (Wildman–Crippen MR) is 129 cm³/mol. The zero-order valence-electron chi connectivity index (χ0n) is 18.0. The smallest absolute Gasteiger partial charge is 0.296 e. The molecule has 0 spiro atoms. The van der Waals surface area contributed by atoms with E-state index >= 15 is 0 Å². The molecular weight excluding hydrogens is 438 g/mol. The highest BCUT2D eigenvalue weighted by Gasteiger charge is 2.20. The molecule has 0 atom stereocenters. The Balaban J connectivity index is 1.64. The highest BCUT2D eigenvalue weighted by Crippen LogP contribution is 2.21. The molecule has 0 radical (unpaired) electrons. The van der Waals surface area contributed by atoms with Gasteiger partial charge in [-0.25, -0.2) is 4.52 Å². The van der Waals surface area contributed by atoms with Crippen LogP contribution < -0.4 is 10.9 Å². The number of carbonyl (C=O) groups excluding carboxylic acids is 1. The first-order valence-electron chi connectivity index (χ1n) is 10.4. The van der Waals surface area contributed by atoms with Crippen molar-refractivity contribution in [2.24, 2.45) is 0 Å². The van der Waals surface area contributed by atoms with Gasteiger partial charge in [0.05, 0.1) is 17.6 Å². The van der Waals surface area contributed by atoms with Crippen molar-refractivity contribution in [2.45, 2.75) is 20.4 Å².